The Bertz CT molecular complexity index is 1140. The van der Waals surface area contributed by atoms with E-state index in [0.29, 0.717) is 5.41 Å². The van der Waals surface area contributed by atoms with Crippen LogP contribution in [0.15, 0.2) is 79.1 Å². The fourth-order valence-corrected chi connectivity index (χ4v) is 3.95. The number of imidazole rings is 1. The van der Waals surface area contributed by atoms with Crippen LogP contribution in [-0.4, -0.2) is 17.1 Å². The van der Waals surface area contributed by atoms with Crippen LogP contribution in [0, 0.1) is 12.3 Å². The second-order valence-corrected chi connectivity index (χ2v) is 11.3. The molecule has 2 aromatic carbocycles. The smallest absolute Gasteiger partial charge is 0.106 e. The lowest BCUT2D eigenvalue weighted by Gasteiger charge is -2.30. The molecule has 0 aliphatic carbocycles. The Morgan fingerprint density at radius 3 is 2.33 bits per heavy atom. The van der Waals surface area contributed by atoms with Crippen LogP contribution in [0.5, 0.6) is 0 Å². The van der Waals surface area contributed by atoms with Gasteiger partial charge in [-0.3, -0.25) is 0 Å². The van der Waals surface area contributed by atoms with Crippen LogP contribution in [0.2, 0.25) is 0 Å². The Labute approximate surface area is 219 Å². The zero-order valence-electron chi connectivity index (χ0n) is 23.7. The Morgan fingerprint density at radius 1 is 1.03 bits per heavy atom. The summed E-state index contributed by atoms with van der Waals surface area (Å²) in [4.78, 5) is 7.61. The average Bonchev–Trinajstić information content (AvgIpc) is 3.27. The number of aryl methyl sites for hydroxylation is 2. The monoisotopic (exact) mass is 486 g/mol. The summed E-state index contributed by atoms with van der Waals surface area (Å²) in [5, 5.41) is 0. The van der Waals surface area contributed by atoms with Gasteiger partial charge in [-0.2, -0.15) is 0 Å². The first-order chi connectivity index (χ1) is 17.0. The summed E-state index contributed by atoms with van der Waals surface area (Å²) in [5.74, 6) is 2.02. The molecule has 3 nitrogen and oxygen atoms in total. The summed E-state index contributed by atoms with van der Waals surface area (Å²) in [6, 6.07) is 15.0. The maximum atomic E-state index is 5.50. The van der Waals surface area contributed by atoms with Gasteiger partial charge in [-0.15, -0.1) is 0 Å². The summed E-state index contributed by atoms with van der Waals surface area (Å²) in [5.41, 5.74) is 6.83. The van der Waals surface area contributed by atoms with E-state index in [0.717, 1.165) is 35.5 Å². The van der Waals surface area contributed by atoms with Crippen molar-refractivity contribution in [2.24, 2.45) is 5.41 Å². The molecule has 36 heavy (non-hydrogen) atoms. The van der Waals surface area contributed by atoms with Crippen LogP contribution < -0.4 is 0 Å². The first kappa shape index (κ1) is 29.2. The quantitative estimate of drug-likeness (QED) is 0.242. The summed E-state index contributed by atoms with van der Waals surface area (Å²) in [7, 11) is 1.73. The lowest BCUT2D eigenvalue weighted by molar-refractivity contribution is 0.283. The number of hydrogen-bond donors (Lipinski definition) is 1. The van der Waals surface area contributed by atoms with Gasteiger partial charge in [-0.05, 0) is 65.5 Å². The standard InChI is InChI=1S/C24H36O.C9H10N2/c1-9-10-11-12-22(25-8)18-20-13-14-21(17-19(20)2)24(6,7)16-15-23(3,4)5;1-2-9-10-7-5-3-4-6-8(7)11-9/h9-14,17H,1,15-16,18H2,2-8H3;3-6H,2H2,1H3,(H,10,11)/b11-10+,22-12-;. The minimum absolute atomic E-state index is 0.198. The molecule has 1 N–H and O–H groups in total. The van der Waals surface area contributed by atoms with Crippen LogP contribution >= 0.6 is 0 Å². The molecule has 0 aliphatic rings. The van der Waals surface area contributed by atoms with Crippen molar-refractivity contribution in [3.8, 4) is 0 Å². The largest absolute Gasteiger partial charge is 0.501 e. The Kier molecular flexibility index (Phi) is 10.8. The van der Waals surface area contributed by atoms with Gasteiger partial charge in [0.25, 0.3) is 0 Å². The third kappa shape index (κ3) is 9.18. The van der Waals surface area contributed by atoms with Crippen molar-refractivity contribution < 1.29 is 4.74 Å². The fraction of sp³-hybridized carbons (Fsp3) is 0.424. The average molecular weight is 487 g/mol. The number of methoxy groups -OCH3 is 1. The second-order valence-electron chi connectivity index (χ2n) is 11.3. The van der Waals surface area contributed by atoms with Gasteiger partial charge >= 0.3 is 0 Å². The molecule has 1 aromatic heterocycles. The van der Waals surface area contributed by atoms with E-state index in [9.17, 15) is 0 Å². The lowest BCUT2D eigenvalue weighted by Crippen LogP contribution is -2.20. The number of allylic oxidation sites excluding steroid dienone is 5. The first-order valence-electron chi connectivity index (χ1n) is 13.0. The molecule has 0 fully saturated rings. The number of hydrogen-bond acceptors (Lipinski definition) is 2. The zero-order chi connectivity index (χ0) is 26.8. The number of ether oxygens (including phenoxy) is 1. The fourth-order valence-electron chi connectivity index (χ4n) is 3.95. The van der Waals surface area contributed by atoms with Gasteiger partial charge in [0.1, 0.15) is 5.82 Å². The van der Waals surface area contributed by atoms with Gasteiger partial charge in [-0.1, -0.05) is 96.7 Å². The third-order valence-corrected chi connectivity index (χ3v) is 6.55. The van der Waals surface area contributed by atoms with E-state index in [1.165, 1.54) is 29.5 Å². The van der Waals surface area contributed by atoms with Gasteiger partial charge in [0.2, 0.25) is 0 Å². The predicted molar refractivity (Wildman–Crippen MR) is 156 cm³/mol. The highest BCUT2D eigenvalue weighted by molar-refractivity contribution is 5.74. The molecule has 0 bridgehead atoms. The number of para-hydroxylation sites is 2. The molecular formula is C33H46N2O. The van der Waals surface area contributed by atoms with E-state index in [4.69, 9.17) is 4.74 Å². The third-order valence-electron chi connectivity index (χ3n) is 6.55. The van der Waals surface area contributed by atoms with Gasteiger partial charge in [0.05, 0.1) is 23.9 Å². The maximum Gasteiger partial charge on any atom is 0.106 e. The number of H-pyrrole nitrogens is 1. The number of benzene rings is 2. The van der Waals surface area contributed by atoms with E-state index in [1.54, 1.807) is 13.2 Å². The summed E-state index contributed by atoms with van der Waals surface area (Å²) in [6.07, 6.45) is 11.8. The summed E-state index contributed by atoms with van der Waals surface area (Å²) in [6.45, 7) is 19.6. The molecule has 0 spiro atoms. The zero-order valence-corrected chi connectivity index (χ0v) is 23.7. The SMILES string of the molecule is C=C/C=C/C=C(/Cc1ccc(C(C)(C)CCC(C)(C)C)cc1C)OC.CCc1nc2ccccc2[nH]1. The summed E-state index contributed by atoms with van der Waals surface area (Å²) < 4.78 is 5.50. The van der Waals surface area contributed by atoms with Crippen molar-refractivity contribution in [1.29, 1.82) is 0 Å². The number of aromatic nitrogens is 2. The molecule has 194 valence electrons. The molecule has 0 saturated carbocycles. The molecule has 0 unspecified atom stereocenters. The van der Waals surface area contributed by atoms with Crippen molar-refractivity contribution in [2.45, 2.75) is 79.6 Å². The topological polar surface area (TPSA) is 37.9 Å². The van der Waals surface area contributed by atoms with Crippen molar-refractivity contribution in [3.63, 3.8) is 0 Å². The molecule has 0 saturated heterocycles. The molecule has 3 rings (SSSR count). The van der Waals surface area contributed by atoms with Gasteiger partial charge in [0.15, 0.2) is 0 Å². The van der Waals surface area contributed by atoms with Crippen molar-refractivity contribution >= 4 is 11.0 Å². The Hall–Kier alpha value is -3.07. The molecule has 1 heterocycles. The van der Waals surface area contributed by atoms with Crippen molar-refractivity contribution in [2.75, 3.05) is 7.11 Å². The summed E-state index contributed by atoms with van der Waals surface area (Å²) >= 11 is 0. The minimum Gasteiger partial charge on any atom is -0.501 e. The molecular weight excluding hydrogens is 440 g/mol. The number of nitrogens with one attached hydrogen (secondary N) is 1. The second kappa shape index (κ2) is 13.3. The minimum atomic E-state index is 0.198. The highest BCUT2D eigenvalue weighted by Gasteiger charge is 2.24. The molecule has 3 heteroatoms. The highest BCUT2D eigenvalue weighted by atomic mass is 16.5. The number of rotatable bonds is 9. The number of nitrogens with zero attached hydrogens (tertiary/aromatic N) is 1. The normalized spacial score (nSPS) is 12.5. The van der Waals surface area contributed by atoms with Crippen LogP contribution in [0.25, 0.3) is 11.0 Å². The van der Waals surface area contributed by atoms with E-state index in [2.05, 4.69) is 83.2 Å². The molecule has 0 radical (unpaired) electrons. The van der Waals surface area contributed by atoms with Gasteiger partial charge in [-0.25, -0.2) is 4.98 Å². The van der Waals surface area contributed by atoms with E-state index >= 15 is 0 Å². The molecule has 3 aromatic rings. The highest BCUT2D eigenvalue weighted by Crippen LogP contribution is 2.34. The Morgan fingerprint density at radius 2 is 1.75 bits per heavy atom. The molecule has 0 aliphatic heterocycles. The van der Waals surface area contributed by atoms with Crippen LogP contribution in [-0.2, 0) is 23.0 Å². The molecule has 0 atom stereocenters. The van der Waals surface area contributed by atoms with E-state index < -0.39 is 0 Å². The number of aromatic amines is 1. The first-order valence-corrected chi connectivity index (χ1v) is 13.0. The lowest BCUT2D eigenvalue weighted by atomic mass is 9.75. The van der Waals surface area contributed by atoms with E-state index in [-0.39, 0.29) is 5.41 Å². The Balaban J connectivity index is 0.000000340. The van der Waals surface area contributed by atoms with Gasteiger partial charge in [0, 0.05) is 12.8 Å². The maximum absolute atomic E-state index is 5.50. The van der Waals surface area contributed by atoms with Crippen molar-refractivity contribution in [1.82, 2.24) is 9.97 Å². The van der Waals surface area contributed by atoms with Crippen LogP contribution in [0.3, 0.4) is 0 Å². The van der Waals surface area contributed by atoms with Crippen molar-refractivity contribution in [3.05, 3.63) is 102 Å². The van der Waals surface area contributed by atoms with Crippen LogP contribution in [0.4, 0.5) is 0 Å². The molecule has 0 amide bonds. The van der Waals surface area contributed by atoms with Gasteiger partial charge < -0.3 is 9.72 Å². The number of fused-ring (bicyclic) bond motifs is 1. The van der Waals surface area contributed by atoms with Crippen LogP contribution in [0.1, 0.15) is 76.9 Å². The predicted octanol–water partition coefficient (Wildman–Crippen LogP) is 9.04. The van der Waals surface area contributed by atoms with E-state index in [1.807, 2.05) is 42.5 Å².